The van der Waals surface area contributed by atoms with E-state index < -0.39 is 18.0 Å². The van der Waals surface area contributed by atoms with E-state index in [1.807, 2.05) is 13.8 Å². The highest BCUT2D eigenvalue weighted by Gasteiger charge is 2.23. The molecule has 2 N–H and O–H groups in total. The number of thiazole rings is 1. The quantitative estimate of drug-likeness (QED) is 0.669. The number of nitrogens with zero attached hydrogens (tertiary/aromatic N) is 3. The van der Waals surface area contributed by atoms with Crippen LogP contribution in [0.5, 0.6) is 0 Å². The van der Waals surface area contributed by atoms with Crippen LogP contribution >= 0.6 is 11.3 Å². The van der Waals surface area contributed by atoms with Gasteiger partial charge in [-0.05, 0) is 33.1 Å². The highest BCUT2D eigenvalue weighted by molar-refractivity contribution is 7.13. The molecule has 0 spiro atoms. The first kappa shape index (κ1) is 20.9. The van der Waals surface area contributed by atoms with Crippen molar-refractivity contribution >= 4 is 34.0 Å². The van der Waals surface area contributed by atoms with Crippen LogP contribution in [0.1, 0.15) is 49.1 Å². The molecule has 8 nitrogen and oxygen atoms in total. The average Bonchev–Trinajstić information content (AvgIpc) is 3.15. The second kappa shape index (κ2) is 8.98. The minimum Gasteiger partial charge on any atom is -0.448 e. The Morgan fingerprint density at radius 2 is 2.00 bits per heavy atom. The molecule has 9 heteroatoms. The summed E-state index contributed by atoms with van der Waals surface area (Å²) >= 11 is 1.34. The Labute approximate surface area is 163 Å². The molecule has 0 aliphatic heterocycles. The van der Waals surface area contributed by atoms with E-state index in [2.05, 4.69) is 34.6 Å². The van der Waals surface area contributed by atoms with Gasteiger partial charge in [0.25, 0.3) is 5.91 Å². The number of anilines is 2. The third-order valence-corrected chi connectivity index (χ3v) is 4.92. The minimum absolute atomic E-state index is 0.195. The fourth-order valence-electron chi connectivity index (χ4n) is 2.37. The van der Waals surface area contributed by atoms with E-state index in [-0.39, 0.29) is 5.69 Å². The fraction of sp³-hybridized carbons (Fsp3) is 0.556. The molecule has 2 rings (SSSR count). The summed E-state index contributed by atoms with van der Waals surface area (Å²) in [6.07, 6.45) is 0.0690. The van der Waals surface area contributed by atoms with Crippen LogP contribution in [-0.2, 0) is 16.6 Å². The maximum absolute atomic E-state index is 12.3. The number of hydrogen-bond donors (Lipinski definition) is 2. The van der Waals surface area contributed by atoms with Gasteiger partial charge in [0.15, 0.2) is 16.9 Å². The Hall–Kier alpha value is -2.42. The largest absolute Gasteiger partial charge is 0.448 e. The lowest BCUT2D eigenvalue weighted by Gasteiger charge is -2.13. The highest BCUT2D eigenvalue weighted by Crippen LogP contribution is 2.20. The van der Waals surface area contributed by atoms with Gasteiger partial charge in [-0.25, -0.2) is 9.78 Å². The van der Waals surface area contributed by atoms with Gasteiger partial charge in [-0.15, -0.1) is 11.3 Å². The molecule has 0 fully saturated rings. The molecular weight excluding hydrogens is 366 g/mol. The first-order chi connectivity index (χ1) is 12.7. The molecule has 2 aromatic rings. The zero-order valence-electron chi connectivity index (χ0n) is 16.6. The van der Waals surface area contributed by atoms with Crippen molar-refractivity contribution in [3.8, 4) is 0 Å². The molecule has 1 amide bonds. The van der Waals surface area contributed by atoms with E-state index in [1.165, 1.54) is 18.3 Å². The average molecular weight is 394 g/mol. The van der Waals surface area contributed by atoms with Crippen molar-refractivity contribution in [2.45, 2.75) is 47.1 Å². The molecule has 0 aromatic carbocycles. The molecule has 0 aliphatic rings. The van der Waals surface area contributed by atoms with Crippen LogP contribution in [0.25, 0.3) is 0 Å². The molecule has 0 radical (unpaired) electrons. The van der Waals surface area contributed by atoms with Crippen molar-refractivity contribution < 1.29 is 14.3 Å². The number of aryl methyl sites for hydroxylation is 2. The van der Waals surface area contributed by atoms with Crippen LogP contribution in [0.3, 0.4) is 0 Å². The van der Waals surface area contributed by atoms with Gasteiger partial charge in [0.05, 0.1) is 17.1 Å². The van der Waals surface area contributed by atoms with Gasteiger partial charge in [0.2, 0.25) is 0 Å². The third kappa shape index (κ3) is 5.53. The van der Waals surface area contributed by atoms with Crippen molar-refractivity contribution in [3.05, 3.63) is 22.5 Å². The second-order valence-corrected chi connectivity index (χ2v) is 7.71. The molecule has 0 bridgehead atoms. The second-order valence-electron chi connectivity index (χ2n) is 6.85. The molecule has 0 aliphatic carbocycles. The summed E-state index contributed by atoms with van der Waals surface area (Å²) in [5, 5.41) is 12.5. The van der Waals surface area contributed by atoms with Crippen molar-refractivity contribution in [1.82, 2.24) is 14.8 Å². The maximum atomic E-state index is 12.3. The molecule has 148 valence electrons. The SMILES string of the molecule is Cc1nn(C)c(C)c1NC(=O)[C@@H](C)OC(=O)c1csc(NCCC(C)C)n1. The Morgan fingerprint density at radius 1 is 1.30 bits per heavy atom. The minimum atomic E-state index is -0.949. The van der Waals surface area contributed by atoms with Gasteiger partial charge in [-0.3, -0.25) is 9.48 Å². The van der Waals surface area contributed by atoms with E-state index in [1.54, 1.807) is 17.1 Å². The van der Waals surface area contributed by atoms with Crippen LogP contribution in [0.15, 0.2) is 5.38 Å². The number of esters is 1. The number of hydrogen-bond acceptors (Lipinski definition) is 7. The molecular formula is C18H27N5O3S. The Kier molecular flexibility index (Phi) is 6.95. The van der Waals surface area contributed by atoms with Crippen molar-refractivity contribution in [2.24, 2.45) is 13.0 Å². The van der Waals surface area contributed by atoms with E-state index in [4.69, 9.17) is 4.74 Å². The lowest BCUT2D eigenvalue weighted by atomic mass is 10.1. The monoisotopic (exact) mass is 393 g/mol. The molecule has 2 heterocycles. The number of amides is 1. The molecule has 0 unspecified atom stereocenters. The number of carbonyl (C=O) groups is 2. The van der Waals surface area contributed by atoms with Gasteiger partial charge in [-0.1, -0.05) is 13.8 Å². The molecule has 2 aromatic heterocycles. The smallest absolute Gasteiger partial charge is 0.358 e. The van der Waals surface area contributed by atoms with Gasteiger partial charge >= 0.3 is 5.97 Å². The first-order valence-electron chi connectivity index (χ1n) is 8.90. The number of rotatable bonds is 8. The number of ether oxygens (including phenoxy) is 1. The summed E-state index contributed by atoms with van der Waals surface area (Å²) in [6, 6.07) is 0. The molecule has 27 heavy (non-hydrogen) atoms. The van der Waals surface area contributed by atoms with Gasteiger partial charge < -0.3 is 15.4 Å². The summed E-state index contributed by atoms with van der Waals surface area (Å²) in [5.74, 6) is -0.438. The molecule has 0 saturated heterocycles. The van der Waals surface area contributed by atoms with Gasteiger partial charge in [-0.2, -0.15) is 5.10 Å². The van der Waals surface area contributed by atoms with E-state index in [0.717, 1.165) is 18.7 Å². The third-order valence-electron chi connectivity index (χ3n) is 4.12. The summed E-state index contributed by atoms with van der Waals surface area (Å²) in [6.45, 7) is 10.3. The number of carbonyl (C=O) groups excluding carboxylic acids is 2. The van der Waals surface area contributed by atoms with Crippen molar-refractivity contribution in [1.29, 1.82) is 0 Å². The highest BCUT2D eigenvalue weighted by atomic mass is 32.1. The van der Waals surface area contributed by atoms with Crippen LogP contribution in [-0.4, -0.2) is 39.3 Å². The Bertz CT molecular complexity index is 812. The molecule has 1 atom stereocenters. The topological polar surface area (TPSA) is 98.1 Å². The van der Waals surface area contributed by atoms with E-state index in [0.29, 0.717) is 22.4 Å². The number of aromatic nitrogens is 3. The summed E-state index contributed by atoms with van der Waals surface area (Å²) < 4.78 is 6.94. The predicted octanol–water partition coefficient (Wildman–Crippen LogP) is 3.14. The number of nitrogens with one attached hydrogen (secondary N) is 2. The normalized spacial score (nSPS) is 12.1. The van der Waals surface area contributed by atoms with Gasteiger partial charge in [0, 0.05) is 19.0 Å². The zero-order valence-corrected chi connectivity index (χ0v) is 17.4. The Balaban J connectivity index is 1.91. The summed E-state index contributed by atoms with van der Waals surface area (Å²) in [5.41, 5.74) is 2.37. The predicted molar refractivity (Wildman–Crippen MR) is 106 cm³/mol. The van der Waals surface area contributed by atoms with Crippen molar-refractivity contribution in [2.75, 3.05) is 17.2 Å². The standard InChI is InChI=1S/C18H27N5O3S/c1-10(2)7-8-19-18-20-14(9-27-18)17(25)26-13(5)16(24)21-15-11(3)22-23(6)12(15)4/h9-10,13H,7-8H2,1-6H3,(H,19,20)(H,21,24)/t13-/m1/s1. The van der Waals surface area contributed by atoms with Crippen LogP contribution in [0.4, 0.5) is 10.8 Å². The zero-order chi connectivity index (χ0) is 20.1. The van der Waals surface area contributed by atoms with Crippen LogP contribution in [0, 0.1) is 19.8 Å². The van der Waals surface area contributed by atoms with Crippen molar-refractivity contribution in [3.63, 3.8) is 0 Å². The Morgan fingerprint density at radius 3 is 2.59 bits per heavy atom. The van der Waals surface area contributed by atoms with Gasteiger partial charge in [0.1, 0.15) is 0 Å². The summed E-state index contributed by atoms with van der Waals surface area (Å²) in [4.78, 5) is 28.8. The van der Waals surface area contributed by atoms with Crippen LogP contribution in [0.2, 0.25) is 0 Å². The van der Waals surface area contributed by atoms with Crippen LogP contribution < -0.4 is 10.6 Å². The fourth-order valence-corrected chi connectivity index (χ4v) is 3.08. The van der Waals surface area contributed by atoms with E-state index in [9.17, 15) is 9.59 Å². The maximum Gasteiger partial charge on any atom is 0.358 e. The van der Waals surface area contributed by atoms with E-state index >= 15 is 0 Å². The lowest BCUT2D eigenvalue weighted by Crippen LogP contribution is -2.30. The lowest BCUT2D eigenvalue weighted by molar-refractivity contribution is -0.123. The first-order valence-corrected chi connectivity index (χ1v) is 9.78. The molecule has 0 saturated carbocycles. The summed E-state index contributed by atoms with van der Waals surface area (Å²) in [7, 11) is 1.80.